The van der Waals surface area contributed by atoms with Crippen molar-refractivity contribution in [3.63, 3.8) is 0 Å². The van der Waals surface area contributed by atoms with Crippen LogP contribution in [0.1, 0.15) is 25.3 Å². The third-order valence-electron chi connectivity index (χ3n) is 3.57. The van der Waals surface area contributed by atoms with Crippen LogP contribution in [0.2, 0.25) is 0 Å². The molecule has 1 aromatic rings. The number of nitrogens with zero attached hydrogens (tertiary/aromatic N) is 1. The topological polar surface area (TPSA) is 23.5 Å². The second-order valence-electron chi connectivity index (χ2n) is 4.95. The number of likely N-dealkylation sites (tertiary alicyclic amines) is 1. The maximum absolute atomic E-state index is 9.50. The molecule has 0 saturated carbocycles. The summed E-state index contributed by atoms with van der Waals surface area (Å²) in [5, 5.41) is 9.50. The highest BCUT2D eigenvalue weighted by Gasteiger charge is 2.21. The van der Waals surface area contributed by atoms with Gasteiger partial charge in [-0.1, -0.05) is 28.1 Å². The normalized spacial score (nSPS) is 20.4. The SMILES string of the molecule is CC(Cc1ccc(Br)cc1)N1CCC(O)CC1. The van der Waals surface area contributed by atoms with E-state index >= 15 is 0 Å². The Labute approximate surface area is 112 Å². The quantitative estimate of drug-likeness (QED) is 0.927. The third-order valence-corrected chi connectivity index (χ3v) is 4.10. The number of aliphatic hydroxyl groups excluding tert-OH is 1. The molecule has 3 heteroatoms. The minimum atomic E-state index is -0.0777. The lowest BCUT2D eigenvalue weighted by Crippen LogP contribution is -2.42. The van der Waals surface area contributed by atoms with Crippen molar-refractivity contribution in [3.05, 3.63) is 34.3 Å². The van der Waals surface area contributed by atoms with Gasteiger partial charge in [-0.3, -0.25) is 0 Å². The number of piperidine rings is 1. The van der Waals surface area contributed by atoms with E-state index in [1.54, 1.807) is 0 Å². The van der Waals surface area contributed by atoms with Gasteiger partial charge in [0.25, 0.3) is 0 Å². The van der Waals surface area contributed by atoms with Crippen LogP contribution >= 0.6 is 15.9 Å². The smallest absolute Gasteiger partial charge is 0.0564 e. The van der Waals surface area contributed by atoms with E-state index in [9.17, 15) is 5.11 Å². The standard InChI is InChI=1S/C14H20BrNO/c1-11(16-8-6-14(17)7-9-16)10-12-2-4-13(15)5-3-12/h2-5,11,14,17H,6-10H2,1H3. The lowest BCUT2D eigenvalue weighted by atomic mass is 10.0. The molecule has 1 fully saturated rings. The number of rotatable bonds is 3. The molecular formula is C14H20BrNO. The molecule has 0 aromatic heterocycles. The van der Waals surface area contributed by atoms with Crippen molar-refractivity contribution in [1.82, 2.24) is 4.90 Å². The van der Waals surface area contributed by atoms with Crippen molar-refractivity contribution in [1.29, 1.82) is 0 Å². The van der Waals surface area contributed by atoms with Gasteiger partial charge in [-0.05, 0) is 43.9 Å². The summed E-state index contributed by atoms with van der Waals surface area (Å²) in [6.45, 7) is 4.33. The fraction of sp³-hybridized carbons (Fsp3) is 0.571. The molecule has 0 amide bonds. The summed E-state index contributed by atoms with van der Waals surface area (Å²) in [4.78, 5) is 2.48. The molecule has 0 aliphatic carbocycles. The highest BCUT2D eigenvalue weighted by Crippen LogP contribution is 2.17. The highest BCUT2D eigenvalue weighted by molar-refractivity contribution is 9.10. The summed E-state index contributed by atoms with van der Waals surface area (Å²) >= 11 is 3.46. The molecule has 94 valence electrons. The zero-order chi connectivity index (χ0) is 12.3. The molecule has 0 radical (unpaired) electrons. The first-order valence-corrected chi connectivity index (χ1v) is 7.11. The third kappa shape index (κ3) is 3.80. The minimum Gasteiger partial charge on any atom is -0.393 e. The van der Waals surface area contributed by atoms with E-state index in [1.807, 2.05) is 0 Å². The number of benzene rings is 1. The van der Waals surface area contributed by atoms with Crippen LogP contribution in [0.4, 0.5) is 0 Å². The largest absolute Gasteiger partial charge is 0.393 e. The Morgan fingerprint density at radius 3 is 2.47 bits per heavy atom. The van der Waals surface area contributed by atoms with Crippen LogP contribution in [0, 0.1) is 0 Å². The van der Waals surface area contributed by atoms with Gasteiger partial charge in [0.1, 0.15) is 0 Å². The maximum Gasteiger partial charge on any atom is 0.0564 e. The van der Waals surface area contributed by atoms with Gasteiger partial charge in [0.05, 0.1) is 6.10 Å². The van der Waals surface area contributed by atoms with E-state index in [2.05, 4.69) is 52.0 Å². The van der Waals surface area contributed by atoms with Gasteiger partial charge < -0.3 is 10.0 Å². The molecule has 1 heterocycles. The van der Waals surface area contributed by atoms with Crippen molar-refractivity contribution in [2.45, 2.75) is 38.3 Å². The number of hydrogen-bond acceptors (Lipinski definition) is 2. The van der Waals surface area contributed by atoms with E-state index in [-0.39, 0.29) is 6.10 Å². The first kappa shape index (κ1) is 13.1. The average Bonchev–Trinajstić information content (AvgIpc) is 2.33. The number of hydrogen-bond donors (Lipinski definition) is 1. The zero-order valence-corrected chi connectivity index (χ0v) is 11.9. The Morgan fingerprint density at radius 1 is 1.29 bits per heavy atom. The zero-order valence-electron chi connectivity index (χ0n) is 10.3. The van der Waals surface area contributed by atoms with Crippen molar-refractivity contribution in [2.75, 3.05) is 13.1 Å². The van der Waals surface area contributed by atoms with E-state index in [4.69, 9.17) is 0 Å². The summed E-state index contributed by atoms with van der Waals surface area (Å²) in [5.41, 5.74) is 1.38. The predicted octanol–water partition coefficient (Wildman–Crippen LogP) is 2.84. The summed E-state index contributed by atoms with van der Waals surface area (Å²) in [5.74, 6) is 0. The number of halogens is 1. The molecule has 1 unspecified atom stereocenters. The van der Waals surface area contributed by atoms with Gasteiger partial charge >= 0.3 is 0 Å². The van der Waals surface area contributed by atoms with Crippen LogP contribution in [0.25, 0.3) is 0 Å². The van der Waals surface area contributed by atoms with Crippen LogP contribution in [0.15, 0.2) is 28.7 Å². The van der Waals surface area contributed by atoms with Crippen LogP contribution in [0.5, 0.6) is 0 Å². The number of aliphatic hydroxyl groups is 1. The fourth-order valence-electron chi connectivity index (χ4n) is 2.42. The van der Waals surface area contributed by atoms with Gasteiger partial charge in [0.15, 0.2) is 0 Å². The monoisotopic (exact) mass is 297 g/mol. The lowest BCUT2D eigenvalue weighted by Gasteiger charge is -2.34. The van der Waals surface area contributed by atoms with E-state index < -0.39 is 0 Å². The molecule has 0 spiro atoms. The van der Waals surface area contributed by atoms with E-state index in [0.29, 0.717) is 6.04 Å². The molecule has 1 saturated heterocycles. The molecule has 1 atom stereocenters. The highest BCUT2D eigenvalue weighted by atomic mass is 79.9. The Balaban J connectivity index is 1.88. The van der Waals surface area contributed by atoms with Crippen LogP contribution in [0.3, 0.4) is 0 Å². The molecule has 2 rings (SSSR count). The van der Waals surface area contributed by atoms with Gasteiger partial charge in [-0.2, -0.15) is 0 Å². The Hall–Kier alpha value is -0.380. The van der Waals surface area contributed by atoms with E-state index in [0.717, 1.165) is 36.8 Å². The maximum atomic E-state index is 9.50. The summed E-state index contributed by atoms with van der Waals surface area (Å²) < 4.78 is 1.13. The van der Waals surface area contributed by atoms with Crippen LogP contribution in [-0.4, -0.2) is 35.2 Å². The van der Waals surface area contributed by atoms with Crippen molar-refractivity contribution in [2.24, 2.45) is 0 Å². The van der Waals surface area contributed by atoms with Crippen LogP contribution < -0.4 is 0 Å². The van der Waals surface area contributed by atoms with Gasteiger partial charge in [0, 0.05) is 23.6 Å². The van der Waals surface area contributed by atoms with E-state index in [1.165, 1.54) is 5.56 Å². The Morgan fingerprint density at radius 2 is 1.88 bits per heavy atom. The van der Waals surface area contributed by atoms with Crippen molar-refractivity contribution >= 4 is 15.9 Å². The summed E-state index contributed by atoms with van der Waals surface area (Å²) in [6.07, 6.45) is 2.85. The molecular weight excluding hydrogens is 278 g/mol. The average molecular weight is 298 g/mol. The Kier molecular flexibility index (Phi) is 4.60. The van der Waals surface area contributed by atoms with Crippen molar-refractivity contribution < 1.29 is 5.11 Å². The lowest BCUT2D eigenvalue weighted by molar-refractivity contribution is 0.0648. The second kappa shape index (κ2) is 5.98. The molecule has 1 aromatic carbocycles. The molecule has 1 aliphatic rings. The van der Waals surface area contributed by atoms with Gasteiger partial charge in [-0.15, -0.1) is 0 Å². The summed E-state index contributed by atoms with van der Waals surface area (Å²) in [7, 11) is 0. The Bertz CT molecular complexity index is 344. The second-order valence-corrected chi connectivity index (χ2v) is 5.86. The summed E-state index contributed by atoms with van der Waals surface area (Å²) in [6, 6.07) is 9.12. The van der Waals surface area contributed by atoms with Crippen LogP contribution in [-0.2, 0) is 6.42 Å². The fourth-order valence-corrected chi connectivity index (χ4v) is 2.68. The van der Waals surface area contributed by atoms with Gasteiger partial charge in [-0.25, -0.2) is 0 Å². The van der Waals surface area contributed by atoms with Gasteiger partial charge in [0.2, 0.25) is 0 Å². The molecule has 2 nitrogen and oxygen atoms in total. The molecule has 1 N–H and O–H groups in total. The molecule has 1 aliphatic heterocycles. The first-order valence-electron chi connectivity index (χ1n) is 6.31. The minimum absolute atomic E-state index is 0.0777. The predicted molar refractivity (Wildman–Crippen MR) is 74.1 cm³/mol. The molecule has 17 heavy (non-hydrogen) atoms. The first-order chi connectivity index (χ1) is 8.15. The molecule has 0 bridgehead atoms. The van der Waals surface area contributed by atoms with Crippen molar-refractivity contribution in [3.8, 4) is 0 Å².